The largest absolute Gasteiger partial charge is 0.495 e. The third-order valence-corrected chi connectivity index (χ3v) is 6.99. The number of methoxy groups -OCH3 is 1. The number of anilines is 1. The Labute approximate surface area is 202 Å². The molecule has 2 aromatic rings. The van der Waals surface area contributed by atoms with Gasteiger partial charge in [0, 0.05) is 62.6 Å². The topological polar surface area (TPSA) is 71.8 Å². The highest BCUT2D eigenvalue weighted by Crippen LogP contribution is 2.28. The summed E-state index contributed by atoms with van der Waals surface area (Å²) in [5, 5.41) is 12.6. The number of hydrogen-bond donors (Lipinski definition) is 1. The maximum Gasteiger partial charge on any atom is 0.318 e. The van der Waals surface area contributed by atoms with Crippen LogP contribution in [0.25, 0.3) is 0 Å². The molecule has 2 heterocycles. The van der Waals surface area contributed by atoms with Gasteiger partial charge in [0.25, 0.3) is 0 Å². The van der Waals surface area contributed by atoms with Crippen LogP contribution in [-0.4, -0.2) is 67.2 Å². The van der Waals surface area contributed by atoms with Crippen LogP contribution in [0.4, 0.5) is 10.5 Å². The van der Waals surface area contributed by atoms with Gasteiger partial charge in [-0.15, -0.1) is 0 Å². The lowest BCUT2D eigenvalue weighted by atomic mass is 10.0. The lowest BCUT2D eigenvalue weighted by Gasteiger charge is -2.46. The lowest BCUT2D eigenvalue weighted by Crippen LogP contribution is -2.62. The van der Waals surface area contributed by atoms with Crippen molar-refractivity contribution in [2.24, 2.45) is 0 Å². The second-order valence-corrected chi connectivity index (χ2v) is 9.49. The van der Waals surface area contributed by atoms with Gasteiger partial charge in [-0.05, 0) is 44.4 Å². The van der Waals surface area contributed by atoms with E-state index in [1.807, 2.05) is 23.1 Å². The number of rotatable bonds is 5. The van der Waals surface area contributed by atoms with Gasteiger partial charge in [0.05, 0.1) is 12.7 Å². The Morgan fingerprint density at radius 2 is 1.76 bits per heavy atom. The number of piperazine rings is 1. The highest BCUT2D eigenvalue weighted by Gasteiger charge is 2.34. The van der Waals surface area contributed by atoms with E-state index in [-0.39, 0.29) is 24.2 Å². The molecule has 0 bridgehead atoms. The molecule has 7 nitrogen and oxygen atoms in total. The average Bonchev–Trinajstić information content (AvgIpc) is 2.85. The Balaban J connectivity index is 1.30. The molecule has 7 heteroatoms. The van der Waals surface area contributed by atoms with Crippen molar-refractivity contribution in [1.29, 1.82) is 5.26 Å². The van der Waals surface area contributed by atoms with Gasteiger partial charge in [0.1, 0.15) is 11.8 Å². The molecule has 0 aromatic heterocycles. The predicted molar refractivity (Wildman–Crippen MR) is 134 cm³/mol. The highest BCUT2D eigenvalue weighted by atomic mass is 16.5. The number of amides is 2. The number of benzene rings is 2. The van der Waals surface area contributed by atoms with Gasteiger partial charge in [-0.3, -0.25) is 4.90 Å². The molecule has 0 spiro atoms. The van der Waals surface area contributed by atoms with Crippen LogP contribution in [-0.2, 0) is 6.54 Å². The fraction of sp³-hybridized carbons (Fsp3) is 0.481. The normalized spacial score (nSPS) is 21.7. The molecule has 2 aromatic carbocycles. The van der Waals surface area contributed by atoms with E-state index in [1.54, 1.807) is 13.2 Å². The maximum atomic E-state index is 13.2. The van der Waals surface area contributed by atoms with Crippen LogP contribution in [0, 0.1) is 11.3 Å². The van der Waals surface area contributed by atoms with Gasteiger partial charge in [-0.25, -0.2) is 4.79 Å². The number of hydrogen-bond acceptors (Lipinski definition) is 5. The van der Waals surface area contributed by atoms with E-state index >= 15 is 0 Å². The molecule has 1 N–H and O–H groups in total. The van der Waals surface area contributed by atoms with E-state index in [0.29, 0.717) is 11.3 Å². The first-order chi connectivity index (χ1) is 16.5. The third kappa shape index (κ3) is 5.45. The summed E-state index contributed by atoms with van der Waals surface area (Å²) in [4.78, 5) is 19.9. The molecule has 2 atom stereocenters. The lowest BCUT2D eigenvalue weighted by molar-refractivity contribution is 0.130. The van der Waals surface area contributed by atoms with Crippen molar-refractivity contribution in [3.05, 3.63) is 59.7 Å². The minimum atomic E-state index is 0.0403. The van der Waals surface area contributed by atoms with Crippen molar-refractivity contribution >= 4 is 11.7 Å². The van der Waals surface area contributed by atoms with Gasteiger partial charge < -0.3 is 19.9 Å². The molecule has 0 saturated carbocycles. The Morgan fingerprint density at radius 3 is 2.38 bits per heavy atom. The Bertz CT molecular complexity index is 1000. The van der Waals surface area contributed by atoms with E-state index in [4.69, 9.17) is 4.74 Å². The summed E-state index contributed by atoms with van der Waals surface area (Å²) in [6.45, 7) is 8.65. The smallest absolute Gasteiger partial charge is 0.318 e. The second-order valence-electron chi connectivity index (χ2n) is 9.49. The number of nitriles is 1. The summed E-state index contributed by atoms with van der Waals surface area (Å²) in [5.74, 6) is 0.582. The van der Waals surface area contributed by atoms with Gasteiger partial charge in [0.15, 0.2) is 0 Å². The first kappa shape index (κ1) is 23.9. The van der Waals surface area contributed by atoms with Gasteiger partial charge >= 0.3 is 6.03 Å². The summed E-state index contributed by atoms with van der Waals surface area (Å²) < 4.78 is 5.38. The van der Waals surface area contributed by atoms with Crippen LogP contribution in [0.3, 0.4) is 0 Å². The second kappa shape index (κ2) is 10.8. The minimum Gasteiger partial charge on any atom is -0.495 e. The van der Waals surface area contributed by atoms with E-state index in [0.717, 1.165) is 51.3 Å². The summed E-state index contributed by atoms with van der Waals surface area (Å²) in [5.41, 5.74) is 2.88. The molecule has 180 valence electrons. The molecule has 2 fully saturated rings. The number of urea groups is 1. The van der Waals surface area contributed by atoms with E-state index in [1.165, 1.54) is 5.56 Å². The zero-order valence-corrected chi connectivity index (χ0v) is 20.4. The Morgan fingerprint density at radius 1 is 1.09 bits per heavy atom. The monoisotopic (exact) mass is 461 g/mol. The predicted octanol–water partition coefficient (Wildman–Crippen LogP) is 3.84. The molecule has 2 amide bonds. The van der Waals surface area contributed by atoms with Crippen molar-refractivity contribution in [1.82, 2.24) is 15.1 Å². The number of nitrogens with zero attached hydrogens (tertiary/aromatic N) is 4. The molecule has 2 aliphatic rings. The fourth-order valence-corrected chi connectivity index (χ4v) is 5.23. The number of nitrogens with one attached hydrogen (secondary N) is 1. The van der Waals surface area contributed by atoms with Crippen LogP contribution < -0.4 is 15.0 Å². The van der Waals surface area contributed by atoms with Crippen molar-refractivity contribution in [2.45, 2.75) is 51.4 Å². The SMILES string of the molecule is COc1cc(N2C[C@@H](C)N(C(=O)NC3CCN(Cc4ccccc4)CC3)[C@@H](C)C2)ccc1C#N. The molecule has 0 unspecified atom stereocenters. The quantitative estimate of drug-likeness (QED) is 0.733. The summed E-state index contributed by atoms with van der Waals surface area (Å²) in [7, 11) is 1.58. The average molecular weight is 462 g/mol. The van der Waals surface area contributed by atoms with E-state index in [2.05, 4.69) is 59.3 Å². The fourth-order valence-electron chi connectivity index (χ4n) is 5.23. The standard InChI is InChI=1S/C27H35N5O2/c1-20-17-31(25-10-9-23(16-28)26(15-25)34-3)18-21(2)32(20)27(33)29-24-11-13-30(14-12-24)19-22-7-5-4-6-8-22/h4-10,15,20-21,24H,11-14,17-19H2,1-3H3,(H,29,33)/t20-,21+. The van der Waals surface area contributed by atoms with Crippen molar-refractivity contribution in [3.63, 3.8) is 0 Å². The zero-order valence-electron chi connectivity index (χ0n) is 20.4. The van der Waals surface area contributed by atoms with Gasteiger partial charge in [0.2, 0.25) is 0 Å². The first-order valence-corrected chi connectivity index (χ1v) is 12.2. The molecule has 2 saturated heterocycles. The number of piperidine rings is 1. The van der Waals surface area contributed by atoms with Crippen molar-refractivity contribution in [3.8, 4) is 11.8 Å². The van der Waals surface area contributed by atoms with Crippen LogP contribution in [0.15, 0.2) is 48.5 Å². The number of carbonyl (C=O) groups is 1. The molecular weight excluding hydrogens is 426 g/mol. The Kier molecular flexibility index (Phi) is 7.59. The maximum absolute atomic E-state index is 13.2. The summed E-state index contributed by atoms with van der Waals surface area (Å²) >= 11 is 0. The van der Waals surface area contributed by atoms with Crippen LogP contribution in [0.5, 0.6) is 5.75 Å². The van der Waals surface area contributed by atoms with Gasteiger partial charge in [-0.1, -0.05) is 30.3 Å². The third-order valence-electron chi connectivity index (χ3n) is 6.99. The highest BCUT2D eigenvalue weighted by molar-refractivity contribution is 5.76. The number of likely N-dealkylation sites (tertiary alicyclic amines) is 1. The molecule has 0 aliphatic carbocycles. The van der Waals surface area contributed by atoms with Crippen LogP contribution >= 0.6 is 0 Å². The zero-order chi connectivity index (χ0) is 24.1. The molecule has 34 heavy (non-hydrogen) atoms. The van der Waals surface area contributed by atoms with Crippen LogP contribution in [0.1, 0.15) is 37.8 Å². The minimum absolute atomic E-state index is 0.0403. The molecule has 2 aliphatic heterocycles. The van der Waals surface area contributed by atoms with Gasteiger partial charge in [-0.2, -0.15) is 5.26 Å². The molecule has 4 rings (SSSR count). The van der Waals surface area contributed by atoms with E-state index < -0.39 is 0 Å². The molecule has 0 radical (unpaired) electrons. The van der Waals surface area contributed by atoms with Crippen molar-refractivity contribution < 1.29 is 9.53 Å². The summed E-state index contributed by atoms with van der Waals surface area (Å²) in [6, 6.07) is 18.8. The Hall–Kier alpha value is -3.24. The molecular formula is C27H35N5O2. The van der Waals surface area contributed by atoms with E-state index in [9.17, 15) is 10.1 Å². The first-order valence-electron chi connectivity index (χ1n) is 12.2. The summed E-state index contributed by atoms with van der Waals surface area (Å²) in [6.07, 6.45) is 1.96. The number of ether oxygens (including phenoxy) is 1. The van der Waals surface area contributed by atoms with Crippen LogP contribution in [0.2, 0.25) is 0 Å². The van der Waals surface area contributed by atoms with Crippen molar-refractivity contribution in [2.75, 3.05) is 38.2 Å². The number of carbonyl (C=O) groups excluding carboxylic acids is 1.